The number of aromatic nitrogens is 2. The minimum absolute atomic E-state index is 0.190. The van der Waals surface area contributed by atoms with E-state index in [-0.39, 0.29) is 6.54 Å². The molecule has 2 aromatic rings. The van der Waals surface area contributed by atoms with Crippen molar-refractivity contribution in [2.45, 2.75) is 33.4 Å². The molecule has 0 atom stereocenters. The van der Waals surface area contributed by atoms with Crippen molar-refractivity contribution < 1.29 is 9.32 Å². The van der Waals surface area contributed by atoms with Crippen molar-refractivity contribution in [3.63, 3.8) is 0 Å². The van der Waals surface area contributed by atoms with Crippen molar-refractivity contribution in [2.24, 2.45) is 0 Å². The first-order valence-corrected chi connectivity index (χ1v) is 10.3. The van der Waals surface area contributed by atoms with E-state index in [9.17, 15) is 4.48 Å². The molecule has 30 heavy (non-hydrogen) atoms. The molecule has 0 aromatic carbocycles. The van der Waals surface area contributed by atoms with Crippen LogP contribution in [0.3, 0.4) is 0 Å². The zero-order chi connectivity index (χ0) is 21.8. The second-order valence-electron chi connectivity index (χ2n) is 7.02. The zero-order valence-corrected chi connectivity index (χ0v) is 18.4. The Morgan fingerprint density at radius 1 is 1.13 bits per heavy atom. The third-order valence-electron chi connectivity index (χ3n) is 4.60. The lowest BCUT2D eigenvalue weighted by atomic mass is 10.2. The van der Waals surface area contributed by atoms with E-state index < -0.39 is 0 Å². The molecule has 0 amide bonds. The number of halogens is 1. The summed E-state index contributed by atoms with van der Waals surface area (Å²) in [7, 11) is 2.99. The highest BCUT2D eigenvalue weighted by molar-refractivity contribution is 5.48. The quantitative estimate of drug-likeness (QED) is 0.382. The second-order valence-corrected chi connectivity index (χ2v) is 7.02. The molecule has 7 nitrogen and oxygen atoms in total. The molecule has 8 heteroatoms. The van der Waals surface area contributed by atoms with Crippen molar-refractivity contribution in [2.75, 3.05) is 39.1 Å². The molecular formula is C22H33FN6O. The van der Waals surface area contributed by atoms with E-state index >= 15 is 0 Å². The minimum atomic E-state index is 0.190. The van der Waals surface area contributed by atoms with Gasteiger partial charge in [0.2, 0.25) is 0 Å². The van der Waals surface area contributed by atoms with Crippen LogP contribution in [-0.2, 0) is 17.9 Å². The number of likely N-dealkylation sites (N-methyl/N-ethyl adjacent to an activating group) is 1. The number of hydrogen-bond acceptors (Lipinski definition) is 7. The van der Waals surface area contributed by atoms with E-state index in [1.165, 1.54) is 12.6 Å². The third-order valence-corrected chi connectivity index (χ3v) is 4.60. The van der Waals surface area contributed by atoms with Gasteiger partial charge in [-0.25, -0.2) is 0 Å². The Kier molecular flexibility index (Phi) is 10.2. The smallest absolute Gasteiger partial charge is 0.0710 e. The van der Waals surface area contributed by atoms with E-state index in [4.69, 9.17) is 4.84 Å². The topological polar surface area (TPSA) is 65.5 Å². The van der Waals surface area contributed by atoms with Gasteiger partial charge < -0.3 is 5.32 Å². The van der Waals surface area contributed by atoms with E-state index in [0.717, 1.165) is 49.7 Å². The lowest BCUT2D eigenvalue weighted by molar-refractivity contribution is 0.0491. The number of allylic oxidation sites excluding steroid dienone is 1. The maximum absolute atomic E-state index is 12.9. The summed E-state index contributed by atoms with van der Waals surface area (Å²) in [5, 5.41) is 3.99. The maximum atomic E-state index is 12.9. The number of anilines is 1. The van der Waals surface area contributed by atoms with Crippen LogP contribution in [0.4, 0.5) is 10.2 Å². The number of rotatable bonds is 13. The molecule has 0 aliphatic heterocycles. The Balaban J connectivity index is 1.82. The first kappa shape index (κ1) is 23.7. The SMILES string of the molecule is CC/C(=C/c1ccc(CN(CC)CCNc2ccc(CN(C)F)nc2)cn1)NOC. The van der Waals surface area contributed by atoms with Crippen LogP contribution >= 0.6 is 0 Å². The van der Waals surface area contributed by atoms with Gasteiger partial charge in [0.25, 0.3) is 0 Å². The fourth-order valence-electron chi connectivity index (χ4n) is 2.94. The molecule has 2 heterocycles. The molecular weight excluding hydrogens is 383 g/mol. The van der Waals surface area contributed by atoms with Gasteiger partial charge in [-0.2, -0.15) is 0 Å². The largest absolute Gasteiger partial charge is 0.383 e. The van der Waals surface area contributed by atoms with Crippen LogP contribution in [0, 0.1) is 0 Å². The minimum Gasteiger partial charge on any atom is -0.383 e. The summed E-state index contributed by atoms with van der Waals surface area (Å²) >= 11 is 0. The second kappa shape index (κ2) is 12.9. The molecule has 0 bridgehead atoms. The predicted octanol–water partition coefficient (Wildman–Crippen LogP) is 3.63. The summed E-state index contributed by atoms with van der Waals surface area (Å²) in [5.74, 6) is 0. The summed E-state index contributed by atoms with van der Waals surface area (Å²) in [4.78, 5) is 16.1. The molecule has 0 aliphatic rings. The summed E-state index contributed by atoms with van der Waals surface area (Å²) in [6.45, 7) is 7.88. The van der Waals surface area contributed by atoms with E-state index in [1.54, 1.807) is 13.3 Å². The molecule has 2 rings (SSSR count). The number of hydrogen-bond donors (Lipinski definition) is 2. The molecule has 0 fully saturated rings. The van der Waals surface area contributed by atoms with Crippen LogP contribution in [0.25, 0.3) is 6.08 Å². The van der Waals surface area contributed by atoms with Gasteiger partial charge in [0.15, 0.2) is 0 Å². The van der Waals surface area contributed by atoms with Crippen LogP contribution < -0.4 is 10.8 Å². The Labute approximate surface area is 178 Å². The Hall–Kier alpha value is -2.55. The average molecular weight is 417 g/mol. The summed E-state index contributed by atoms with van der Waals surface area (Å²) in [6.07, 6.45) is 6.50. The molecule has 0 unspecified atom stereocenters. The van der Waals surface area contributed by atoms with Crippen molar-refractivity contribution >= 4 is 11.8 Å². The van der Waals surface area contributed by atoms with Crippen molar-refractivity contribution in [1.82, 2.24) is 25.5 Å². The van der Waals surface area contributed by atoms with Crippen LogP contribution in [0.1, 0.15) is 37.2 Å². The summed E-state index contributed by atoms with van der Waals surface area (Å²) in [6, 6.07) is 7.90. The van der Waals surface area contributed by atoms with Crippen molar-refractivity contribution in [3.8, 4) is 0 Å². The molecule has 0 saturated heterocycles. The molecule has 164 valence electrons. The summed E-state index contributed by atoms with van der Waals surface area (Å²) < 4.78 is 12.9. The monoisotopic (exact) mass is 416 g/mol. The highest BCUT2D eigenvalue weighted by atomic mass is 19.2. The van der Waals surface area contributed by atoms with Gasteiger partial charge in [0.05, 0.1) is 36.9 Å². The first-order chi connectivity index (χ1) is 14.5. The van der Waals surface area contributed by atoms with Gasteiger partial charge >= 0.3 is 0 Å². The van der Waals surface area contributed by atoms with Crippen LogP contribution in [0.15, 0.2) is 42.4 Å². The van der Waals surface area contributed by atoms with Crippen LogP contribution in [-0.4, -0.2) is 53.8 Å². The maximum Gasteiger partial charge on any atom is 0.0710 e. The molecule has 0 spiro atoms. The Morgan fingerprint density at radius 3 is 2.53 bits per heavy atom. The predicted molar refractivity (Wildman–Crippen MR) is 119 cm³/mol. The Bertz CT molecular complexity index is 764. The number of nitrogens with zero attached hydrogens (tertiary/aromatic N) is 4. The lowest BCUT2D eigenvalue weighted by Crippen LogP contribution is -2.28. The highest BCUT2D eigenvalue weighted by Gasteiger charge is 2.05. The zero-order valence-electron chi connectivity index (χ0n) is 18.4. The van der Waals surface area contributed by atoms with E-state index in [2.05, 4.69) is 45.6 Å². The van der Waals surface area contributed by atoms with Gasteiger partial charge in [-0.3, -0.25) is 25.2 Å². The van der Waals surface area contributed by atoms with Crippen molar-refractivity contribution in [3.05, 3.63) is 59.3 Å². The molecule has 2 N–H and O–H groups in total. The summed E-state index contributed by atoms with van der Waals surface area (Å²) in [5.41, 5.74) is 7.57. The van der Waals surface area contributed by atoms with Gasteiger partial charge in [-0.15, -0.1) is 9.60 Å². The van der Waals surface area contributed by atoms with Crippen LogP contribution in [0.5, 0.6) is 0 Å². The normalized spacial score (nSPS) is 11.9. The number of nitrogens with one attached hydrogen (secondary N) is 2. The fourth-order valence-corrected chi connectivity index (χ4v) is 2.94. The number of hydroxylamine groups is 1. The van der Waals surface area contributed by atoms with Gasteiger partial charge in [-0.1, -0.05) is 19.9 Å². The standard InChI is InChI=1S/C22H33FN6O/c1-5-19(27-30-4)13-20-8-7-18(14-25-20)16-29(6-2)12-11-24-21-9-10-22(26-15-21)17-28(3)23/h7-10,13-15,24,27H,5-6,11-12,16-17H2,1-4H3/b19-13-. The van der Waals surface area contributed by atoms with Gasteiger partial charge in [0, 0.05) is 38.6 Å². The number of pyridine rings is 2. The molecule has 0 radical (unpaired) electrons. The average Bonchev–Trinajstić information content (AvgIpc) is 2.74. The van der Waals surface area contributed by atoms with Crippen LogP contribution in [0.2, 0.25) is 0 Å². The van der Waals surface area contributed by atoms with Gasteiger partial charge in [-0.05, 0) is 42.8 Å². The lowest BCUT2D eigenvalue weighted by Gasteiger charge is -2.21. The highest BCUT2D eigenvalue weighted by Crippen LogP contribution is 2.10. The third kappa shape index (κ3) is 8.44. The Morgan fingerprint density at radius 2 is 1.97 bits per heavy atom. The fraction of sp³-hybridized carbons (Fsp3) is 0.455. The molecule has 0 aliphatic carbocycles. The molecule has 0 saturated carbocycles. The van der Waals surface area contributed by atoms with E-state index in [0.29, 0.717) is 10.8 Å². The first-order valence-electron chi connectivity index (χ1n) is 10.3. The van der Waals surface area contributed by atoms with Gasteiger partial charge in [0.1, 0.15) is 0 Å². The van der Waals surface area contributed by atoms with E-state index in [1.807, 2.05) is 30.5 Å². The van der Waals surface area contributed by atoms with Crippen molar-refractivity contribution in [1.29, 1.82) is 0 Å². The molecule has 2 aromatic heterocycles.